The molecule has 0 aliphatic rings. The zero-order valence-corrected chi connectivity index (χ0v) is 15.8. The quantitative estimate of drug-likeness (QED) is 0.639. The van der Waals surface area contributed by atoms with Gasteiger partial charge >= 0.3 is 0 Å². The van der Waals surface area contributed by atoms with Crippen molar-refractivity contribution in [3.8, 4) is 5.75 Å². The normalized spacial score (nSPS) is 11.9. The van der Waals surface area contributed by atoms with Gasteiger partial charge in [-0.25, -0.2) is 9.07 Å². The third-order valence-corrected chi connectivity index (χ3v) is 4.39. The summed E-state index contributed by atoms with van der Waals surface area (Å²) in [6.07, 6.45) is 0.795. The number of halogens is 3. The molecule has 3 aromatic rings. The first-order valence-corrected chi connectivity index (χ1v) is 8.87. The highest BCUT2D eigenvalue weighted by atomic mass is 35.5. The van der Waals surface area contributed by atoms with Crippen molar-refractivity contribution in [1.29, 1.82) is 0 Å². The number of nitrogens with one attached hydrogen (secondary N) is 1. The van der Waals surface area contributed by atoms with E-state index < -0.39 is 6.10 Å². The lowest BCUT2D eigenvalue weighted by Crippen LogP contribution is -2.31. The van der Waals surface area contributed by atoms with Crippen LogP contribution in [0.15, 0.2) is 54.7 Å². The van der Waals surface area contributed by atoms with Crippen molar-refractivity contribution in [2.75, 3.05) is 5.32 Å². The van der Waals surface area contributed by atoms with Crippen LogP contribution in [0.2, 0.25) is 10.0 Å². The zero-order chi connectivity index (χ0) is 19.4. The van der Waals surface area contributed by atoms with Crippen LogP contribution in [0, 0.1) is 5.82 Å². The minimum absolute atomic E-state index is 0.358. The largest absolute Gasteiger partial charge is 0.481 e. The standard InChI is InChI=1S/C19H16Cl2FN3O2/c1-12(27-16-6-4-15(22)5-7-16)19(26)24-18-8-9-23-25(18)11-13-2-3-14(20)10-17(13)21/h2-10,12H,11H2,1H3,(H,24,26)/t12-/m1/s1. The molecular formula is C19H16Cl2FN3O2. The molecule has 8 heteroatoms. The maximum absolute atomic E-state index is 12.9. The number of carbonyl (C=O) groups excluding carboxylic acids is 1. The number of carbonyl (C=O) groups is 1. The van der Waals surface area contributed by atoms with Gasteiger partial charge in [0, 0.05) is 16.1 Å². The van der Waals surface area contributed by atoms with E-state index in [1.54, 1.807) is 42.1 Å². The van der Waals surface area contributed by atoms with Gasteiger partial charge in [-0.2, -0.15) is 5.10 Å². The molecule has 0 saturated carbocycles. The van der Waals surface area contributed by atoms with Crippen molar-refractivity contribution in [3.63, 3.8) is 0 Å². The van der Waals surface area contributed by atoms with Crippen LogP contribution in [0.1, 0.15) is 12.5 Å². The van der Waals surface area contributed by atoms with E-state index in [9.17, 15) is 9.18 Å². The first kappa shape index (κ1) is 19.2. The minimum Gasteiger partial charge on any atom is -0.481 e. The molecule has 0 saturated heterocycles. The molecule has 1 aromatic heterocycles. The van der Waals surface area contributed by atoms with E-state index in [1.165, 1.54) is 24.3 Å². The predicted molar refractivity (Wildman–Crippen MR) is 103 cm³/mol. The number of anilines is 1. The van der Waals surface area contributed by atoms with Gasteiger partial charge in [0.05, 0.1) is 12.7 Å². The van der Waals surface area contributed by atoms with Gasteiger partial charge in [-0.05, 0) is 48.9 Å². The van der Waals surface area contributed by atoms with Gasteiger partial charge in [0.1, 0.15) is 17.4 Å². The van der Waals surface area contributed by atoms with Gasteiger partial charge in [-0.3, -0.25) is 4.79 Å². The summed E-state index contributed by atoms with van der Waals surface area (Å²) in [6.45, 7) is 1.97. The molecule has 1 amide bonds. The average Bonchev–Trinajstić information content (AvgIpc) is 3.06. The van der Waals surface area contributed by atoms with Gasteiger partial charge in [0.25, 0.3) is 5.91 Å². The SMILES string of the molecule is C[C@@H](Oc1ccc(F)cc1)C(=O)Nc1ccnn1Cc1ccc(Cl)cc1Cl. The number of benzene rings is 2. The Morgan fingerprint density at radius 2 is 1.96 bits per heavy atom. The Morgan fingerprint density at radius 1 is 1.22 bits per heavy atom. The molecule has 0 fully saturated rings. The molecule has 0 aliphatic carbocycles. The van der Waals surface area contributed by atoms with E-state index in [4.69, 9.17) is 27.9 Å². The number of nitrogens with zero attached hydrogens (tertiary/aromatic N) is 2. The van der Waals surface area contributed by atoms with Crippen molar-refractivity contribution in [2.24, 2.45) is 0 Å². The van der Waals surface area contributed by atoms with Crippen molar-refractivity contribution >= 4 is 34.9 Å². The fourth-order valence-electron chi connectivity index (χ4n) is 2.37. The Labute approximate surface area is 165 Å². The van der Waals surface area contributed by atoms with E-state index >= 15 is 0 Å². The highest BCUT2D eigenvalue weighted by Crippen LogP contribution is 2.23. The Kier molecular flexibility index (Phi) is 5.98. The van der Waals surface area contributed by atoms with Crippen LogP contribution in [0.4, 0.5) is 10.2 Å². The fourth-order valence-corrected chi connectivity index (χ4v) is 2.84. The lowest BCUT2D eigenvalue weighted by Gasteiger charge is -2.15. The van der Waals surface area contributed by atoms with Crippen LogP contribution in [0.3, 0.4) is 0 Å². The molecule has 2 aromatic carbocycles. The predicted octanol–water partition coefficient (Wildman–Crippen LogP) is 4.78. The summed E-state index contributed by atoms with van der Waals surface area (Å²) >= 11 is 12.1. The molecule has 5 nitrogen and oxygen atoms in total. The van der Waals surface area contributed by atoms with Crippen LogP contribution in [-0.2, 0) is 11.3 Å². The van der Waals surface area contributed by atoms with Gasteiger partial charge in [-0.1, -0.05) is 29.3 Å². The third kappa shape index (κ3) is 4.99. The summed E-state index contributed by atoms with van der Waals surface area (Å²) < 4.78 is 20.1. The maximum Gasteiger partial charge on any atom is 0.266 e. The van der Waals surface area contributed by atoms with Crippen molar-refractivity contribution in [2.45, 2.75) is 19.6 Å². The van der Waals surface area contributed by atoms with Crippen molar-refractivity contribution < 1.29 is 13.9 Å². The number of hydrogen-bond acceptors (Lipinski definition) is 3. The molecule has 3 rings (SSSR count). The second-order valence-electron chi connectivity index (χ2n) is 5.81. The van der Waals surface area contributed by atoms with Crippen LogP contribution in [0.25, 0.3) is 0 Å². The monoisotopic (exact) mass is 407 g/mol. The average molecular weight is 408 g/mol. The minimum atomic E-state index is -0.780. The second-order valence-corrected chi connectivity index (χ2v) is 6.66. The summed E-state index contributed by atoms with van der Waals surface area (Å²) in [4.78, 5) is 12.4. The Bertz CT molecular complexity index is 944. The second kappa shape index (κ2) is 8.41. The summed E-state index contributed by atoms with van der Waals surface area (Å²) in [5, 5.41) is 8.04. The summed E-state index contributed by atoms with van der Waals surface area (Å²) in [5.74, 6) is 0.175. The topological polar surface area (TPSA) is 56.1 Å². The maximum atomic E-state index is 12.9. The van der Waals surface area contributed by atoms with Crippen molar-refractivity contribution in [3.05, 3.63) is 76.2 Å². The molecule has 1 N–H and O–H groups in total. The summed E-state index contributed by atoms with van der Waals surface area (Å²) in [5.41, 5.74) is 0.816. The first-order valence-electron chi connectivity index (χ1n) is 8.11. The van der Waals surface area contributed by atoms with Gasteiger partial charge in [0.15, 0.2) is 6.10 Å². The smallest absolute Gasteiger partial charge is 0.266 e. The number of amides is 1. The first-order chi connectivity index (χ1) is 12.9. The molecule has 1 heterocycles. The van der Waals surface area contributed by atoms with E-state index in [0.717, 1.165) is 5.56 Å². The van der Waals surface area contributed by atoms with E-state index in [2.05, 4.69) is 10.4 Å². The van der Waals surface area contributed by atoms with Crippen LogP contribution in [-0.4, -0.2) is 21.8 Å². The highest BCUT2D eigenvalue weighted by molar-refractivity contribution is 6.35. The van der Waals surface area contributed by atoms with Crippen LogP contribution in [0.5, 0.6) is 5.75 Å². The van der Waals surface area contributed by atoms with E-state index in [0.29, 0.717) is 28.2 Å². The van der Waals surface area contributed by atoms with E-state index in [1.807, 2.05) is 0 Å². The van der Waals surface area contributed by atoms with E-state index in [-0.39, 0.29) is 11.7 Å². The lowest BCUT2D eigenvalue weighted by molar-refractivity contribution is -0.122. The molecule has 1 atom stereocenters. The Morgan fingerprint density at radius 3 is 2.67 bits per heavy atom. The molecule has 0 aliphatic heterocycles. The van der Waals surface area contributed by atoms with Crippen LogP contribution < -0.4 is 10.1 Å². The van der Waals surface area contributed by atoms with Crippen LogP contribution >= 0.6 is 23.2 Å². The summed E-state index contributed by atoms with van der Waals surface area (Å²) in [7, 11) is 0. The summed E-state index contributed by atoms with van der Waals surface area (Å²) in [6, 6.07) is 12.3. The Hall–Kier alpha value is -2.57. The van der Waals surface area contributed by atoms with Gasteiger partial charge < -0.3 is 10.1 Å². The lowest BCUT2D eigenvalue weighted by atomic mass is 10.2. The Balaban J connectivity index is 1.66. The number of ether oxygens (including phenoxy) is 1. The highest BCUT2D eigenvalue weighted by Gasteiger charge is 2.17. The fraction of sp³-hybridized carbons (Fsp3) is 0.158. The molecule has 27 heavy (non-hydrogen) atoms. The molecule has 0 unspecified atom stereocenters. The number of hydrogen-bond donors (Lipinski definition) is 1. The molecular weight excluding hydrogens is 392 g/mol. The third-order valence-electron chi connectivity index (χ3n) is 3.80. The van der Waals surface area contributed by atoms with Gasteiger partial charge in [-0.15, -0.1) is 0 Å². The zero-order valence-electron chi connectivity index (χ0n) is 14.3. The number of aromatic nitrogens is 2. The van der Waals surface area contributed by atoms with Crippen molar-refractivity contribution in [1.82, 2.24) is 9.78 Å². The molecule has 0 bridgehead atoms. The van der Waals surface area contributed by atoms with Gasteiger partial charge in [0.2, 0.25) is 0 Å². The molecule has 0 spiro atoms. The molecule has 140 valence electrons. The molecule has 0 radical (unpaired) electrons. The number of rotatable bonds is 6.